The number of carbonyl (C=O) groups is 7. The number of nitrogens with one attached hydrogen (secondary N) is 2. The minimum absolute atomic E-state index is 0.000920. The minimum Gasteiger partial charge on any atom is -0.461 e. The molecular weight excluding hydrogens is 1420 g/mol. The molecule has 0 bridgehead atoms. The zero-order valence-electron chi connectivity index (χ0n) is 66.4. The van der Waals surface area contributed by atoms with E-state index in [-0.39, 0.29) is 79.7 Å². The van der Waals surface area contributed by atoms with Crippen LogP contribution in [-0.4, -0.2) is 180 Å². The molecule has 12 rings (SSSR count). The minimum atomic E-state index is -0.706. The number of nitrogens with two attached hydrogens (primary N) is 2. The van der Waals surface area contributed by atoms with E-state index in [1.165, 1.54) is 68.7 Å². The fourth-order valence-electron chi connectivity index (χ4n) is 15.2. The third-order valence-electron chi connectivity index (χ3n) is 21.2. The van der Waals surface area contributed by atoms with Crippen molar-refractivity contribution in [3.63, 3.8) is 0 Å². The second kappa shape index (κ2) is 34.3. The van der Waals surface area contributed by atoms with Crippen LogP contribution in [0.3, 0.4) is 0 Å². The van der Waals surface area contributed by atoms with Crippen LogP contribution in [0.2, 0.25) is 0 Å². The van der Waals surface area contributed by atoms with Gasteiger partial charge in [-0.1, -0.05) is 63.4 Å². The van der Waals surface area contributed by atoms with Gasteiger partial charge in [0, 0.05) is 114 Å². The number of fused-ring (bicyclic) bond motifs is 4. The number of hydrogen-bond acceptors (Lipinski definition) is 18. The lowest BCUT2D eigenvalue weighted by Gasteiger charge is -2.42. The molecule has 2 aliphatic heterocycles. The molecule has 0 unspecified atom stereocenters. The molecule has 5 amide bonds. The maximum Gasteiger partial charge on any atom is 0.419 e. The van der Waals surface area contributed by atoms with Gasteiger partial charge in [0.05, 0.1) is 31.0 Å². The lowest BCUT2D eigenvalue weighted by molar-refractivity contribution is -0.940. The molecule has 0 aliphatic carbocycles. The Hall–Kier alpha value is -11.3. The Labute approximate surface area is 646 Å². The van der Waals surface area contributed by atoms with Gasteiger partial charge in [0.2, 0.25) is 19.4 Å². The number of nitrogens with zero attached hydrogens (tertiary/aromatic N) is 13. The summed E-state index contributed by atoms with van der Waals surface area (Å²) in [6.07, 6.45) is 13.0. The van der Waals surface area contributed by atoms with Crippen molar-refractivity contribution in [3.05, 3.63) is 154 Å². The largest absolute Gasteiger partial charge is 0.461 e. The van der Waals surface area contributed by atoms with Gasteiger partial charge in [0.1, 0.15) is 49.5 Å². The summed E-state index contributed by atoms with van der Waals surface area (Å²) in [5, 5.41) is 11.5. The first-order valence-electron chi connectivity index (χ1n) is 37.9. The number of likely N-dealkylation sites (tertiary alicyclic amines) is 2. The van der Waals surface area contributed by atoms with E-state index < -0.39 is 35.8 Å². The average Bonchev–Trinajstić information content (AvgIpc) is 1.61. The standard InChI is InChI=1S/C43H55N9O7.C39H48N8O5/c1-26(2)37-32-19-30(29-14-17-50(18-15-29)21-35(44)53)12-13-34(32)47-38(37)33-20-52-40(28(4)27(33)3)51(24-46-52)25-58-42(56)49(9)39-31(11-10-16-45-39)23-57-36(54)22-48(8)41(55)59-43(5,6)7;1-7-9-34(49)51-21-29-10-8-15-41-38(29)45(6)39(50)52-23-47(20-33(40)48)16-13-27(14-17-47)28-11-12-32-30(18-28)35(24(2)3)36(44-32)31-19-46-37(42-22-43-46)26(5)25(31)4/h10-13,16,19-20,24,26,29,47H,14-15,17-18,21-23,25H2,1-9H3,(H-,44,53);8,10-12,15,18-19,22,24,27,44H,7,9,13-14,16-17,20-21,23H2,1-6H3,(H-,40,48)/p+2. The molecule has 29 nitrogen and oxygen atoms in total. The molecule has 10 heterocycles. The van der Waals surface area contributed by atoms with Crippen molar-refractivity contribution >= 4 is 86.8 Å². The lowest BCUT2D eigenvalue weighted by Crippen LogP contribution is -2.58. The van der Waals surface area contributed by atoms with E-state index >= 15 is 0 Å². The fraction of sp³-hybridized carbons (Fsp3) is 0.451. The maximum absolute atomic E-state index is 13.4. The van der Waals surface area contributed by atoms with Gasteiger partial charge in [0.25, 0.3) is 17.9 Å². The number of aryl methyl sites for hydroxylation is 2. The number of aromatic nitrogens is 10. The van der Waals surface area contributed by atoms with Crippen LogP contribution in [0.1, 0.15) is 173 Å². The van der Waals surface area contributed by atoms with Gasteiger partial charge in [0.15, 0.2) is 12.2 Å². The van der Waals surface area contributed by atoms with Crippen LogP contribution in [0.5, 0.6) is 0 Å². The van der Waals surface area contributed by atoms with E-state index in [1.807, 2.05) is 29.1 Å². The van der Waals surface area contributed by atoms with Crippen LogP contribution in [-0.2, 0) is 62.8 Å². The average molecular weight is 1520 g/mol. The molecule has 2 fully saturated rings. The zero-order valence-corrected chi connectivity index (χ0v) is 66.4. The Bertz CT molecular complexity index is 5110. The molecule has 29 heteroatoms. The lowest BCUT2D eigenvalue weighted by atomic mass is 9.86. The number of H-pyrrole nitrogens is 2. The van der Waals surface area contributed by atoms with E-state index in [9.17, 15) is 33.6 Å². The van der Waals surface area contributed by atoms with E-state index in [1.54, 1.807) is 75.5 Å². The second-order valence-electron chi connectivity index (χ2n) is 31.0. The van der Waals surface area contributed by atoms with Gasteiger partial charge in [-0.25, -0.2) is 33.9 Å². The number of hydrogen-bond donors (Lipinski definition) is 4. The summed E-state index contributed by atoms with van der Waals surface area (Å²) in [6, 6.07) is 20.3. The van der Waals surface area contributed by atoms with Gasteiger partial charge in [-0.2, -0.15) is 9.67 Å². The first-order valence-corrected chi connectivity index (χ1v) is 37.9. The van der Waals surface area contributed by atoms with E-state index in [2.05, 4.69) is 131 Å². The number of ether oxygens (including phenoxy) is 5. The van der Waals surface area contributed by atoms with Crippen molar-refractivity contribution in [1.29, 1.82) is 0 Å². The monoisotopic (exact) mass is 1520 g/mol. The zero-order chi connectivity index (χ0) is 79.9. The van der Waals surface area contributed by atoms with Crippen molar-refractivity contribution in [2.24, 2.45) is 11.5 Å². The Morgan fingerprint density at radius 2 is 1.17 bits per heavy atom. The van der Waals surface area contributed by atoms with Gasteiger partial charge >= 0.3 is 30.2 Å². The molecule has 2 saturated heterocycles. The number of aromatic amines is 2. The molecule has 111 heavy (non-hydrogen) atoms. The van der Waals surface area contributed by atoms with Crippen molar-refractivity contribution in [2.45, 2.75) is 171 Å². The highest BCUT2D eigenvalue weighted by Crippen LogP contribution is 2.43. The highest BCUT2D eigenvalue weighted by molar-refractivity contribution is 5.95. The molecule has 2 aliphatic rings. The number of quaternary nitrogens is 1. The number of piperidine rings is 2. The third-order valence-corrected chi connectivity index (χ3v) is 21.2. The van der Waals surface area contributed by atoms with Gasteiger partial charge < -0.3 is 50.0 Å². The van der Waals surface area contributed by atoms with Gasteiger partial charge in [-0.15, -0.1) is 0 Å². The smallest absolute Gasteiger partial charge is 0.419 e. The highest BCUT2D eigenvalue weighted by Gasteiger charge is 2.39. The summed E-state index contributed by atoms with van der Waals surface area (Å²) in [5.41, 5.74) is 29.0. The van der Waals surface area contributed by atoms with E-state index in [4.69, 9.17) is 35.2 Å². The van der Waals surface area contributed by atoms with Crippen LogP contribution in [0.25, 0.3) is 55.6 Å². The summed E-state index contributed by atoms with van der Waals surface area (Å²) in [4.78, 5) is 114. The number of anilines is 2. The van der Waals surface area contributed by atoms with Gasteiger partial charge in [-0.3, -0.25) is 38.4 Å². The highest BCUT2D eigenvalue weighted by atomic mass is 16.6. The molecular formula is C82H105N17O12+2. The van der Waals surface area contributed by atoms with Crippen molar-refractivity contribution < 1.29 is 66.3 Å². The van der Waals surface area contributed by atoms with E-state index in [0.29, 0.717) is 55.3 Å². The number of amides is 5. The Kier molecular flexibility index (Phi) is 24.9. The van der Waals surface area contributed by atoms with E-state index in [0.717, 1.165) is 105 Å². The first kappa shape index (κ1) is 80.7. The first-order chi connectivity index (χ1) is 52.8. The molecule has 0 saturated carbocycles. The number of rotatable bonds is 24. The van der Waals surface area contributed by atoms with Crippen molar-refractivity contribution in [2.75, 3.05) is 83.5 Å². The Morgan fingerprint density at radius 3 is 1.70 bits per heavy atom. The van der Waals surface area contributed by atoms with Crippen LogP contribution in [0.4, 0.5) is 26.0 Å². The van der Waals surface area contributed by atoms with Crippen LogP contribution >= 0.6 is 0 Å². The van der Waals surface area contributed by atoms with Crippen LogP contribution in [0.15, 0.2) is 98.1 Å². The summed E-state index contributed by atoms with van der Waals surface area (Å²) in [6.45, 7) is 27.0. The molecule has 0 atom stereocenters. The molecule has 8 aromatic heterocycles. The number of likely N-dealkylation sites (N-methyl/N-ethyl adjacent to an activating group) is 1. The Balaban J connectivity index is 0.000000222. The normalized spacial score (nSPS) is 15.6. The number of carbonyl (C=O) groups excluding carboxylic acids is 7. The predicted molar refractivity (Wildman–Crippen MR) is 420 cm³/mol. The fourth-order valence-corrected chi connectivity index (χ4v) is 15.2. The summed E-state index contributed by atoms with van der Waals surface area (Å²) >= 11 is 0. The van der Waals surface area contributed by atoms with Gasteiger partial charge in [-0.05, 0) is 180 Å². The number of benzene rings is 2. The van der Waals surface area contributed by atoms with Crippen molar-refractivity contribution in [3.8, 4) is 22.5 Å². The topological polar surface area (TPSA) is 339 Å². The number of primary amides is 2. The Morgan fingerprint density at radius 1 is 0.640 bits per heavy atom. The van der Waals surface area contributed by atoms with Crippen LogP contribution < -0.4 is 25.8 Å². The molecule has 2 aromatic carbocycles. The SMILES string of the molecule is CCCC(=O)OCc1cccnc1N(C)C(=O)OC[N+]1(CC(N)=O)CCC(c2ccc3[nH]c(-c4cn5ncnc5c(C)c4C)c(C(C)C)c3c2)CC1.Cc1c(-c2[nH]c3ccc(C4CCN(CC(N)=O)CC4)cc3c2C(C)C)cn2nc[n+](COC(=O)N(C)c3ncccc3COC(=O)CN(C)C(=O)OC(C)(C)C)c2c1C. The third kappa shape index (κ3) is 18.4. The molecule has 0 spiro atoms. The summed E-state index contributed by atoms with van der Waals surface area (Å²) in [5.74, 6) is 0.0822. The number of pyridine rings is 4. The predicted octanol–water partition coefficient (Wildman–Crippen LogP) is 12.0. The maximum atomic E-state index is 13.4. The second-order valence-corrected chi connectivity index (χ2v) is 31.0. The molecule has 588 valence electrons. The summed E-state index contributed by atoms with van der Waals surface area (Å²) < 4.78 is 33.4. The molecule has 0 radical (unpaired) electrons. The van der Waals surface area contributed by atoms with Crippen molar-refractivity contribution in [1.82, 2.24) is 53.9 Å². The molecule has 10 aromatic rings. The van der Waals surface area contributed by atoms with Crippen LogP contribution in [0, 0.1) is 27.7 Å². The quantitative estimate of drug-likeness (QED) is 0.0189. The summed E-state index contributed by atoms with van der Waals surface area (Å²) in [7, 11) is 4.54. The number of esters is 2. The molecule has 6 N–H and O–H groups in total.